The molecule has 0 saturated carbocycles. The number of carbonyl (C=O) groups excluding carboxylic acids is 1. The maximum absolute atomic E-state index is 10.9. The van der Waals surface area contributed by atoms with E-state index in [1.807, 2.05) is 6.07 Å². The van der Waals surface area contributed by atoms with Gasteiger partial charge in [-0.1, -0.05) is 23.2 Å². The van der Waals surface area contributed by atoms with Gasteiger partial charge < -0.3 is 24.8 Å². The smallest absolute Gasteiger partial charge is 0.207 e. The number of thiazole rings is 1. The average molecular weight is 483 g/mol. The van der Waals surface area contributed by atoms with E-state index in [-0.39, 0.29) is 12.1 Å². The Balaban J connectivity index is 1.68. The molecule has 2 atom stereocenters. The Bertz CT molecular complexity index is 1080. The molecule has 1 aliphatic rings. The van der Waals surface area contributed by atoms with Crippen LogP contribution in [0.4, 0.5) is 5.82 Å². The first-order valence-corrected chi connectivity index (χ1v) is 11.0. The molecule has 0 spiro atoms. The van der Waals surface area contributed by atoms with E-state index in [1.165, 1.54) is 25.6 Å². The minimum absolute atomic E-state index is 0.0253. The molecule has 8 nitrogen and oxygen atoms in total. The molecular formula is C20H20Cl2N4O4S. The first kappa shape index (κ1) is 21.9. The highest BCUT2D eigenvalue weighted by Gasteiger charge is 2.26. The number of pyridine rings is 1. The van der Waals surface area contributed by atoms with Gasteiger partial charge in [0.2, 0.25) is 6.41 Å². The number of nitrogens with one attached hydrogen (secondary N) is 2. The van der Waals surface area contributed by atoms with Crippen LogP contribution in [0.2, 0.25) is 10.0 Å². The Morgan fingerprint density at radius 3 is 2.61 bits per heavy atom. The maximum Gasteiger partial charge on any atom is 0.207 e. The summed E-state index contributed by atoms with van der Waals surface area (Å²) in [6.07, 6.45) is 3.13. The van der Waals surface area contributed by atoms with Gasteiger partial charge in [0.15, 0.2) is 0 Å². The standard InChI is InChI=1S/C20H20Cl2N4O4S/c1-28-13-5-14(29-2)19(22)17(18(13)21)20-26-11-7-23-16(6-15(11)31-20)25-12-8-30-4-3-10(12)24-9-27/h5-7,9-10,12H,3-4,8H2,1-2H3,(H,23,25)(H,24,27). The van der Waals surface area contributed by atoms with Gasteiger partial charge in [-0.15, -0.1) is 11.3 Å². The summed E-state index contributed by atoms with van der Waals surface area (Å²) in [4.78, 5) is 20.0. The van der Waals surface area contributed by atoms with Crippen molar-refractivity contribution in [2.24, 2.45) is 0 Å². The number of hydrogen-bond donors (Lipinski definition) is 2. The molecule has 1 amide bonds. The number of nitrogens with zero attached hydrogens (tertiary/aromatic N) is 2. The molecule has 4 rings (SSSR count). The van der Waals surface area contributed by atoms with Crippen LogP contribution in [0.15, 0.2) is 18.3 Å². The van der Waals surface area contributed by atoms with Crippen LogP contribution in [0.1, 0.15) is 6.42 Å². The van der Waals surface area contributed by atoms with Gasteiger partial charge in [-0.05, 0) is 12.5 Å². The molecule has 0 radical (unpaired) electrons. The lowest BCUT2D eigenvalue weighted by Crippen LogP contribution is -2.50. The van der Waals surface area contributed by atoms with Crippen molar-refractivity contribution in [3.05, 3.63) is 28.4 Å². The highest BCUT2D eigenvalue weighted by atomic mass is 35.5. The monoisotopic (exact) mass is 482 g/mol. The third kappa shape index (κ3) is 4.36. The van der Waals surface area contributed by atoms with Crippen molar-refractivity contribution < 1.29 is 19.0 Å². The molecule has 0 bridgehead atoms. The van der Waals surface area contributed by atoms with E-state index in [1.54, 1.807) is 12.3 Å². The molecule has 11 heteroatoms. The van der Waals surface area contributed by atoms with Crippen LogP contribution in [-0.2, 0) is 9.53 Å². The normalized spacial score (nSPS) is 18.6. The number of hydrogen-bond acceptors (Lipinski definition) is 8. The molecule has 2 N–H and O–H groups in total. The average Bonchev–Trinajstić information content (AvgIpc) is 3.18. The lowest BCUT2D eigenvalue weighted by Gasteiger charge is -2.31. The number of ether oxygens (including phenoxy) is 3. The summed E-state index contributed by atoms with van der Waals surface area (Å²) in [5, 5.41) is 7.53. The lowest BCUT2D eigenvalue weighted by molar-refractivity contribution is -0.110. The second kappa shape index (κ2) is 9.44. The largest absolute Gasteiger partial charge is 0.495 e. The quantitative estimate of drug-likeness (QED) is 0.491. The highest BCUT2D eigenvalue weighted by molar-refractivity contribution is 7.21. The first-order chi connectivity index (χ1) is 15.0. The van der Waals surface area contributed by atoms with Crippen LogP contribution in [0.3, 0.4) is 0 Å². The minimum Gasteiger partial charge on any atom is -0.495 e. The zero-order valence-electron chi connectivity index (χ0n) is 16.8. The van der Waals surface area contributed by atoms with Gasteiger partial charge in [0.05, 0.1) is 59.4 Å². The van der Waals surface area contributed by atoms with Crippen LogP contribution >= 0.6 is 34.5 Å². The summed E-state index contributed by atoms with van der Waals surface area (Å²) in [6, 6.07) is 3.44. The number of halogens is 2. The number of amides is 1. The van der Waals surface area contributed by atoms with Crippen LogP contribution in [-0.4, -0.2) is 55.9 Å². The Labute approximate surface area is 192 Å². The van der Waals surface area contributed by atoms with Crippen molar-refractivity contribution in [1.29, 1.82) is 0 Å². The predicted octanol–water partition coefficient (Wildman–Crippen LogP) is 4.00. The fraction of sp³-hybridized carbons (Fsp3) is 0.350. The summed E-state index contributed by atoms with van der Waals surface area (Å²) >= 11 is 14.5. The zero-order valence-corrected chi connectivity index (χ0v) is 19.1. The Hall–Kier alpha value is -2.33. The number of fused-ring (bicyclic) bond motifs is 1. The van der Waals surface area contributed by atoms with Crippen LogP contribution in [0, 0.1) is 0 Å². The third-order valence-electron chi connectivity index (χ3n) is 5.03. The number of carbonyl (C=O) groups is 1. The van der Waals surface area contributed by atoms with Gasteiger partial charge in [0.1, 0.15) is 27.8 Å². The molecule has 1 aromatic carbocycles. The predicted molar refractivity (Wildman–Crippen MR) is 122 cm³/mol. The van der Waals surface area contributed by atoms with Gasteiger partial charge in [0, 0.05) is 12.7 Å². The number of benzene rings is 1. The van der Waals surface area contributed by atoms with E-state index in [0.29, 0.717) is 63.1 Å². The van der Waals surface area contributed by atoms with Crippen molar-refractivity contribution in [2.75, 3.05) is 32.8 Å². The molecule has 2 aromatic heterocycles. The van der Waals surface area contributed by atoms with Gasteiger partial charge in [0.25, 0.3) is 0 Å². The Kier molecular flexibility index (Phi) is 6.66. The number of rotatable bonds is 7. The summed E-state index contributed by atoms with van der Waals surface area (Å²) < 4.78 is 17.1. The third-order valence-corrected chi connectivity index (χ3v) is 6.82. The number of aromatic nitrogens is 2. The fourth-order valence-corrected chi connectivity index (χ4v) is 5.27. The van der Waals surface area contributed by atoms with E-state index in [4.69, 9.17) is 37.4 Å². The van der Waals surface area contributed by atoms with Crippen LogP contribution in [0.25, 0.3) is 20.8 Å². The number of methoxy groups -OCH3 is 2. The molecule has 1 saturated heterocycles. The topological polar surface area (TPSA) is 94.6 Å². The Morgan fingerprint density at radius 2 is 1.94 bits per heavy atom. The molecule has 164 valence electrons. The zero-order chi connectivity index (χ0) is 22.0. The Morgan fingerprint density at radius 1 is 1.19 bits per heavy atom. The van der Waals surface area contributed by atoms with Gasteiger partial charge in [-0.3, -0.25) is 4.79 Å². The van der Waals surface area contributed by atoms with Crippen LogP contribution < -0.4 is 20.1 Å². The van der Waals surface area contributed by atoms with Gasteiger partial charge in [-0.2, -0.15) is 0 Å². The van der Waals surface area contributed by atoms with Crippen LogP contribution in [0.5, 0.6) is 11.5 Å². The molecule has 3 aromatic rings. The minimum atomic E-state index is -0.0807. The van der Waals surface area contributed by atoms with E-state index in [0.717, 1.165) is 11.1 Å². The molecule has 0 aliphatic carbocycles. The van der Waals surface area contributed by atoms with Crippen molar-refractivity contribution >= 4 is 57.0 Å². The molecule has 3 heterocycles. The van der Waals surface area contributed by atoms with Crippen molar-refractivity contribution in [3.63, 3.8) is 0 Å². The summed E-state index contributed by atoms with van der Waals surface area (Å²) in [5.41, 5.74) is 1.26. The summed E-state index contributed by atoms with van der Waals surface area (Å²) in [5.74, 6) is 1.56. The number of anilines is 1. The van der Waals surface area contributed by atoms with Crippen molar-refractivity contribution in [1.82, 2.24) is 15.3 Å². The lowest BCUT2D eigenvalue weighted by atomic mass is 10.0. The van der Waals surface area contributed by atoms with E-state index >= 15 is 0 Å². The van der Waals surface area contributed by atoms with Gasteiger partial charge >= 0.3 is 0 Å². The summed E-state index contributed by atoms with van der Waals surface area (Å²) in [6.45, 7) is 1.09. The summed E-state index contributed by atoms with van der Waals surface area (Å²) in [7, 11) is 3.06. The van der Waals surface area contributed by atoms with Gasteiger partial charge in [-0.25, -0.2) is 9.97 Å². The second-order valence-electron chi connectivity index (χ2n) is 6.85. The fourth-order valence-electron chi connectivity index (χ4n) is 3.45. The van der Waals surface area contributed by atoms with Crippen molar-refractivity contribution in [2.45, 2.75) is 18.5 Å². The van der Waals surface area contributed by atoms with E-state index in [2.05, 4.69) is 20.6 Å². The highest BCUT2D eigenvalue weighted by Crippen LogP contribution is 2.47. The maximum atomic E-state index is 10.9. The van der Waals surface area contributed by atoms with Crippen molar-refractivity contribution in [3.8, 4) is 22.1 Å². The molecule has 1 aliphatic heterocycles. The molecular weight excluding hydrogens is 463 g/mol. The van der Waals surface area contributed by atoms with E-state index < -0.39 is 0 Å². The molecule has 1 fully saturated rings. The SMILES string of the molecule is COc1cc(OC)c(Cl)c(-c2nc3cnc(NC4COCCC4NC=O)cc3s2)c1Cl. The van der Waals surface area contributed by atoms with E-state index in [9.17, 15) is 4.79 Å². The molecule has 2 unspecified atom stereocenters. The second-order valence-corrected chi connectivity index (χ2v) is 8.63. The first-order valence-electron chi connectivity index (χ1n) is 9.46. The molecule has 31 heavy (non-hydrogen) atoms.